The van der Waals surface area contributed by atoms with E-state index in [1.54, 1.807) is 28.3 Å². The van der Waals surface area contributed by atoms with E-state index in [9.17, 15) is 4.79 Å². The Morgan fingerprint density at radius 2 is 2.18 bits per heavy atom. The Morgan fingerprint density at radius 3 is 2.86 bits per heavy atom. The van der Waals surface area contributed by atoms with Crippen LogP contribution in [0.15, 0.2) is 42.7 Å². The first-order chi connectivity index (χ1) is 10.6. The molecule has 112 valence electrons. The molecule has 3 heterocycles. The molecule has 0 fully saturated rings. The second kappa shape index (κ2) is 6.11. The number of hydrogen-bond acceptors (Lipinski definition) is 4. The van der Waals surface area contributed by atoms with Crippen molar-refractivity contribution in [1.82, 2.24) is 14.8 Å². The molecule has 6 heteroatoms. The molecule has 0 aliphatic rings. The Bertz CT molecular complexity index is 792. The molecule has 0 radical (unpaired) electrons. The van der Waals surface area contributed by atoms with Crippen molar-refractivity contribution in [1.29, 1.82) is 0 Å². The lowest BCUT2D eigenvalue weighted by atomic mass is 10.2. The van der Waals surface area contributed by atoms with Gasteiger partial charge in [-0.1, -0.05) is 6.07 Å². The maximum Gasteiger partial charge on any atom is 0.257 e. The van der Waals surface area contributed by atoms with E-state index in [-0.39, 0.29) is 5.91 Å². The summed E-state index contributed by atoms with van der Waals surface area (Å²) >= 11 is 1.62. The zero-order valence-corrected chi connectivity index (χ0v) is 13.2. The first-order valence-corrected chi connectivity index (χ1v) is 7.75. The van der Waals surface area contributed by atoms with Gasteiger partial charge in [-0.05, 0) is 32.0 Å². The summed E-state index contributed by atoms with van der Waals surface area (Å²) in [5, 5.41) is 7.19. The third kappa shape index (κ3) is 3.23. The summed E-state index contributed by atoms with van der Waals surface area (Å²) in [6.07, 6.45) is 3.58. The fraction of sp³-hybridized carbons (Fsp3) is 0.188. The lowest BCUT2D eigenvalue weighted by molar-refractivity contribution is 0.102. The van der Waals surface area contributed by atoms with Crippen LogP contribution in [-0.4, -0.2) is 20.7 Å². The van der Waals surface area contributed by atoms with Gasteiger partial charge in [0.25, 0.3) is 5.91 Å². The van der Waals surface area contributed by atoms with Crippen molar-refractivity contribution in [2.75, 3.05) is 5.32 Å². The fourth-order valence-corrected chi connectivity index (χ4v) is 3.14. The van der Waals surface area contributed by atoms with Crippen molar-refractivity contribution in [2.45, 2.75) is 20.4 Å². The Labute approximate surface area is 132 Å². The van der Waals surface area contributed by atoms with Crippen molar-refractivity contribution >= 4 is 23.1 Å². The number of aromatic nitrogens is 3. The first kappa shape index (κ1) is 14.5. The summed E-state index contributed by atoms with van der Waals surface area (Å²) in [7, 11) is 0. The Balaban J connectivity index is 1.69. The number of aryl methyl sites for hydroxylation is 2. The fourth-order valence-electron chi connectivity index (χ4n) is 2.21. The van der Waals surface area contributed by atoms with Crippen LogP contribution in [0.3, 0.4) is 0 Å². The number of nitrogens with zero attached hydrogens (tertiary/aromatic N) is 3. The van der Waals surface area contributed by atoms with E-state index in [4.69, 9.17) is 0 Å². The number of carbonyl (C=O) groups is 1. The van der Waals surface area contributed by atoms with Gasteiger partial charge in [0.05, 0.1) is 17.8 Å². The predicted molar refractivity (Wildman–Crippen MR) is 87.3 cm³/mol. The van der Waals surface area contributed by atoms with Crippen molar-refractivity contribution in [3.05, 3.63) is 63.7 Å². The van der Waals surface area contributed by atoms with Crippen LogP contribution in [0, 0.1) is 13.8 Å². The van der Waals surface area contributed by atoms with Gasteiger partial charge in [0.1, 0.15) is 0 Å². The monoisotopic (exact) mass is 312 g/mol. The van der Waals surface area contributed by atoms with Crippen LogP contribution in [-0.2, 0) is 6.54 Å². The molecule has 0 bridgehead atoms. The molecule has 22 heavy (non-hydrogen) atoms. The highest BCUT2D eigenvalue weighted by Gasteiger charge is 2.13. The largest absolute Gasteiger partial charge is 0.305 e. The van der Waals surface area contributed by atoms with Gasteiger partial charge in [0.15, 0.2) is 5.82 Å². The van der Waals surface area contributed by atoms with Crippen LogP contribution in [0.5, 0.6) is 0 Å². The van der Waals surface area contributed by atoms with E-state index in [1.807, 2.05) is 44.3 Å². The van der Waals surface area contributed by atoms with Gasteiger partial charge in [0, 0.05) is 28.2 Å². The summed E-state index contributed by atoms with van der Waals surface area (Å²) in [6, 6.07) is 9.45. The van der Waals surface area contributed by atoms with Crippen molar-refractivity contribution in [3.63, 3.8) is 0 Å². The molecule has 1 N–H and O–H groups in total. The minimum absolute atomic E-state index is 0.120. The Hall–Kier alpha value is -2.47. The second-order valence-electron chi connectivity index (χ2n) is 5.00. The van der Waals surface area contributed by atoms with Crippen LogP contribution in [0.4, 0.5) is 5.82 Å². The molecule has 3 aromatic rings. The molecule has 3 rings (SSSR count). The van der Waals surface area contributed by atoms with Gasteiger partial charge in [-0.2, -0.15) is 5.10 Å². The van der Waals surface area contributed by atoms with Gasteiger partial charge in [0.2, 0.25) is 0 Å². The number of amides is 1. The smallest absolute Gasteiger partial charge is 0.257 e. The number of nitrogens with one attached hydrogen (secondary N) is 1. The van der Waals surface area contributed by atoms with E-state index < -0.39 is 0 Å². The van der Waals surface area contributed by atoms with Gasteiger partial charge in [-0.15, -0.1) is 11.3 Å². The van der Waals surface area contributed by atoms with Crippen LogP contribution in [0.25, 0.3) is 0 Å². The summed E-state index contributed by atoms with van der Waals surface area (Å²) in [4.78, 5) is 18.7. The van der Waals surface area contributed by atoms with Gasteiger partial charge in [-0.25, -0.2) is 0 Å². The third-order valence-electron chi connectivity index (χ3n) is 3.22. The molecule has 1 amide bonds. The van der Waals surface area contributed by atoms with Crippen LogP contribution in [0.2, 0.25) is 0 Å². The van der Waals surface area contributed by atoms with Crippen molar-refractivity contribution in [2.24, 2.45) is 0 Å². The Kier molecular flexibility index (Phi) is 4.02. The molecule has 0 aliphatic heterocycles. The first-order valence-electron chi connectivity index (χ1n) is 6.93. The number of anilines is 1. The average Bonchev–Trinajstić information content (AvgIpc) is 3.06. The third-order valence-corrected chi connectivity index (χ3v) is 4.18. The van der Waals surface area contributed by atoms with Crippen LogP contribution >= 0.6 is 11.3 Å². The molecule has 0 aromatic carbocycles. The Morgan fingerprint density at radius 1 is 1.32 bits per heavy atom. The molecular formula is C16H16N4OS. The normalized spacial score (nSPS) is 10.6. The second-order valence-corrected chi connectivity index (χ2v) is 6.46. The maximum absolute atomic E-state index is 12.2. The minimum Gasteiger partial charge on any atom is -0.305 e. The standard InChI is InChI=1S/C16H16N4OS/c1-11-9-14(12(2)22-11)16(21)18-15-6-8-20(19-15)10-13-5-3-4-7-17-13/h3-9H,10H2,1-2H3,(H,18,19,21). The summed E-state index contributed by atoms with van der Waals surface area (Å²) in [6.45, 7) is 4.52. The number of pyridine rings is 1. The predicted octanol–water partition coefficient (Wildman–Crippen LogP) is 3.26. The van der Waals surface area contributed by atoms with Gasteiger partial charge in [-0.3, -0.25) is 14.5 Å². The molecule has 3 aromatic heterocycles. The molecule has 0 saturated heterocycles. The highest BCUT2D eigenvalue weighted by atomic mass is 32.1. The minimum atomic E-state index is -0.120. The number of thiophene rings is 1. The summed E-state index contributed by atoms with van der Waals surface area (Å²) < 4.78 is 1.75. The average molecular weight is 312 g/mol. The topological polar surface area (TPSA) is 59.8 Å². The number of carbonyl (C=O) groups excluding carboxylic acids is 1. The van der Waals surface area contributed by atoms with E-state index in [2.05, 4.69) is 15.4 Å². The van der Waals surface area contributed by atoms with Gasteiger partial charge < -0.3 is 5.32 Å². The summed E-state index contributed by atoms with van der Waals surface area (Å²) in [5.41, 5.74) is 1.63. The quantitative estimate of drug-likeness (QED) is 0.804. The molecular weight excluding hydrogens is 296 g/mol. The van der Waals surface area contributed by atoms with E-state index in [0.29, 0.717) is 17.9 Å². The summed E-state index contributed by atoms with van der Waals surface area (Å²) in [5.74, 6) is 0.425. The van der Waals surface area contributed by atoms with E-state index in [0.717, 1.165) is 15.4 Å². The van der Waals surface area contributed by atoms with Crippen LogP contribution < -0.4 is 5.32 Å². The molecule has 5 nitrogen and oxygen atoms in total. The molecule has 0 unspecified atom stereocenters. The lowest BCUT2D eigenvalue weighted by Gasteiger charge is -2.02. The zero-order chi connectivity index (χ0) is 15.5. The molecule has 0 saturated carbocycles. The van der Waals surface area contributed by atoms with Crippen LogP contribution in [0.1, 0.15) is 25.8 Å². The molecule has 0 atom stereocenters. The number of hydrogen-bond donors (Lipinski definition) is 1. The number of rotatable bonds is 4. The molecule has 0 aliphatic carbocycles. The van der Waals surface area contributed by atoms with E-state index in [1.165, 1.54) is 0 Å². The lowest BCUT2D eigenvalue weighted by Crippen LogP contribution is -2.13. The zero-order valence-electron chi connectivity index (χ0n) is 12.4. The van der Waals surface area contributed by atoms with E-state index >= 15 is 0 Å². The SMILES string of the molecule is Cc1cc(C(=O)Nc2ccn(Cc3ccccn3)n2)c(C)s1. The van der Waals surface area contributed by atoms with Gasteiger partial charge >= 0.3 is 0 Å². The van der Waals surface area contributed by atoms with Crippen molar-refractivity contribution < 1.29 is 4.79 Å². The highest BCUT2D eigenvalue weighted by Crippen LogP contribution is 2.21. The highest BCUT2D eigenvalue weighted by molar-refractivity contribution is 7.12. The maximum atomic E-state index is 12.2. The van der Waals surface area contributed by atoms with Crippen molar-refractivity contribution in [3.8, 4) is 0 Å². The molecule has 0 spiro atoms.